The minimum atomic E-state index is -3.58. The Hall–Kier alpha value is -2.59. The summed E-state index contributed by atoms with van der Waals surface area (Å²) in [5, 5.41) is 4.98. The van der Waals surface area contributed by atoms with Crippen molar-refractivity contribution in [1.82, 2.24) is 9.88 Å². The molecular formula is C30H33Cl2N3O5S. The molecule has 2 aliphatic carbocycles. The molecule has 0 radical (unpaired) electrons. The lowest BCUT2D eigenvalue weighted by Crippen LogP contribution is -2.48. The van der Waals surface area contributed by atoms with Crippen LogP contribution in [-0.4, -0.2) is 43.4 Å². The van der Waals surface area contributed by atoms with E-state index in [9.17, 15) is 13.2 Å². The summed E-state index contributed by atoms with van der Waals surface area (Å²) in [7, 11) is -3.58. The zero-order valence-electron chi connectivity index (χ0n) is 23.0. The lowest BCUT2D eigenvalue weighted by atomic mass is 9.91. The summed E-state index contributed by atoms with van der Waals surface area (Å²) in [6, 6.07) is 12.7. The first-order valence-corrected chi connectivity index (χ1v) is 16.4. The highest BCUT2D eigenvalue weighted by molar-refractivity contribution is 7.91. The summed E-state index contributed by atoms with van der Waals surface area (Å²) in [4.78, 5) is 14.8. The maximum atomic E-state index is 12.5. The maximum absolute atomic E-state index is 12.5. The van der Waals surface area contributed by atoms with Crippen LogP contribution < -0.4 is 9.62 Å². The fourth-order valence-electron chi connectivity index (χ4n) is 5.59. The van der Waals surface area contributed by atoms with Crippen LogP contribution in [-0.2, 0) is 21.4 Å². The number of aromatic nitrogens is 1. The van der Waals surface area contributed by atoms with Crippen molar-refractivity contribution in [2.75, 3.05) is 11.4 Å². The fourth-order valence-corrected chi connectivity index (χ4v) is 7.46. The molecule has 1 aliphatic heterocycles. The Morgan fingerprint density at radius 1 is 1.07 bits per heavy atom. The number of carbonyl (C=O) groups excluding carboxylic acids is 1. The number of hydrogen-bond donors (Lipinski definition) is 1. The van der Waals surface area contributed by atoms with Gasteiger partial charge >= 0.3 is 0 Å². The lowest BCUT2D eigenvalue weighted by molar-refractivity contribution is -0.0127. The van der Waals surface area contributed by atoms with Crippen LogP contribution >= 0.6 is 23.2 Å². The van der Waals surface area contributed by atoms with E-state index in [1.165, 1.54) is 0 Å². The minimum Gasteiger partial charge on any atom is -0.373 e. The van der Waals surface area contributed by atoms with Crippen molar-refractivity contribution in [3.8, 4) is 11.3 Å². The number of rotatable bonds is 9. The third-order valence-corrected chi connectivity index (χ3v) is 10.7. The molecule has 0 unspecified atom stereocenters. The molecule has 1 aromatic heterocycles. The van der Waals surface area contributed by atoms with Crippen molar-refractivity contribution in [2.45, 2.75) is 75.9 Å². The highest BCUT2D eigenvalue weighted by Crippen LogP contribution is 2.46. The molecule has 3 fully saturated rings. The molecule has 8 nitrogen and oxygen atoms in total. The van der Waals surface area contributed by atoms with E-state index in [4.69, 9.17) is 32.5 Å². The van der Waals surface area contributed by atoms with Gasteiger partial charge in [-0.3, -0.25) is 4.79 Å². The predicted octanol–water partition coefficient (Wildman–Crippen LogP) is 6.57. The Balaban J connectivity index is 1.12. The number of amides is 1. The van der Waals surface area contributed by atoms with Crippen LogP contribution in [0.25, 0.3) is 11.3 Å². The van der Waals surface area contributed by atoms with Gasteiger partial charge in [-0.25, -0.2) is 13.1 Å². The van der Waals surface area contributed by atoms with Gasteiger partial charge in [0.2, 0.25) is 10.0 Å². The van der Waals surface area contributed by atoms with Gasteiger partial charge in [-0.15, -0.1) is 0 Å². The van der Waals surface area contributed by atoms with E-state index in [1.54, 1.807) is 24.3 Å². The average Bonchev–Trinajstić information content (AvgIpc) is 3.86. The largest absolute Gasteiger partial charge is 0.373 e. The summed E-state index contributed by atoms with van der Waals surface area (Å²) in [6.07, 6.45) is 4.19. The monoisotopic (exact) mass is 617 g/mol. The first-order chi connectivity index (χ1) is 19.6. The fraction of sp³-hybridized carbons (Fsp3) is 0.467. The Bertz CT molecular complexity index is 1530. The molecule has 41 heavy (non-hydrogen) atoms. The van der Waals surface area contributed by atoms with E-state index in [0.717, 1.165) is 42.8 Å². The van der Waals surface area contributed by atoms with Crippen molar-refractivity contribution in [2.24, 2.45) is 5.92 Å². The predicted molar refractivity (Wildman–Crippen MR) is 159 cm³/mol. The van der Waals surface area contributed by atoms with Gasteiger partial charge in [0.05, 0.1) is 28.0 Å². The van der Waals surface area contributed by atoms with Crippen LogP contribution in [0.5, 0.6) is 0 Å². The number of carbonyl (C=O) groups is 1. The molecule has 3 aromatic rings. The van der Waals surface area contributed by atoms with Crippen LogP contribution in [0.15, 0.2) is 47.0 Å². The standard InChI is InChI=1S/C30H33Cl2N3O5S/c1-17-15-35(21-10-8-20(9-11-21)30(36)34-41(37,38)22-12-13-22)18(2)14-26(17)39-16-23-28(33-40-29(23)19-6-7-19)27-24(31)4-3-5-25(27)32/h3-5,8-11,17-19,22,26H,6-7,12-16H2,1-2H3,(H,34,36)/t17-,18-,26+/m1/s1. The summed E-state index contributed by atoms with van der Waals surface area (Å²) in [6.45, 7) is 5.47. The lowest BCUT2D eigenvalue weighted by Gasteiger charge is -2.43. The number of anilines is 1. The summed E-state index contributed by atoms with van der Waals surface area (Å²) in [5.74, 6) is 0.861. The van der Waals surface area contributed by atoms with Gasteiger partial charge in [0, 0.05) is 40.9 Å². The second-order valence-electron chi connectivity index (χ2n) is 11.5. The smallest absolute Gasteiger partial charge is 0.264 e. The van der Waals surface area contributed by atoms with Gasteiger partial charge in [0.15, 0.2) is 0 Å². The minimum absolute atomic E-state index is 0.0236. The van der Waals surface area contributed by atoms with Crippen molar-refractivity contribution >= 4 is 44.8 Å². The van der Waals surface area contributed by atoms with Crippen LogP contribution in [0.2, 0.25) is 10.0 Å². The van der Waals surface area contributed by atoms with Crippen LogP contribution in [0.1, 0.15) is 73.6 Å². The van der Waals surface area contributed by atoms with Crippen LogP contribution in [0, 0.1) is 5.92 Å². The summed E-state index contributed by atoms with van der Waals surface area (Å²) >= 11 is 13.0. The zero-order chi connectivity index (χ0) is 28.9. The van der Waals surface area contributed by atoms with Crippen LogP contribution in [0.4, 0.5) is 5.69 Å². The van der Waals surface area contributed by atoms with Crippen LogP contribution in [0.3, 0.4) is 0 Å². The second kappa shape index (κ2) is 11.2. The van der Waals surface area contributed by atoms with Gasteiger partial charge in [0.1, 0.15) is 11.5 Å². The summed E-state index contributed by atoms with van der Waals surface area (Å²) < 4.78 is 38.8. The first-order valence-electron chi connectivity index (χ1n) is 14.1. The van der Waals surface area contributed by atoms with Gasteiger partial charge in [-0.05, 0) is 81.3 Å². The molecule has 0 spiro atoms. The average molecular weight is 619 g/mol. The molecule has 1 N–H and O–H groups in total. The van der Waals surface area contributed by atoms with Gasteiger partial charge in [-0.1, -0.05) is 41.3 Å². The number of halogens is 2. The third-order valence-electron chi connectivity index (χ3n) is 8.29. The molecule has 218 valence electrons. The van der Waals surface area contributed by atoms with Crippen molar-refractivity contribution < 1.29 is 22.5 Å². The van der Waals surface area contributed by atoms with E-state index >= 15 is 0 Å². The first kappa shape index (κ1) is 28.5. The molecule has 11 heteroatoms. The molecule has 0 bridgehead atoms. The molecule has 2 heterocycles. The van der Waals surface area contributed by atoms with Crippen molar-refractivity contribution in [1.29, 1.82) is 0 Å². The molecule has 2 aromatic carbocycles. The summed E-state index contributed by atoms with van der Waals surface area (Å²) in [5.41, 5.74) is 3.54. The highest BCUT2D eigenvalue weighted by atomic mass is 35.5. The Morgan fingerprint density at radius 2 is 1.76 bits per heavy atom. The van der Waals surface area contributed by atoms with E-state index in [-0.39, 0.29) is 18.1 Å². The SMILES string of the molecule is C[C@@H]1CN(c2ccc(C(=O)NS(=O)(=O)C3CC3)cc2)[C@H](C)C[C@@H]1OCc1c(-c2c(Cl)cccc2Cl)noc1C1CC1. The molecular weight excluding hydrogens is 585 g/mol. The quantitative estimate of drug-likeness (QED) is 0.290. The molecule has 1 amide bonds. The van der Waals surface area contributed by atoms with E-state index in [0.29, 0.717) is 52.2 Å². The molecule has 6 rings (SSSR count). The van der Waals surface area contributed by atoms with E-state index < -0.39 is 21.2 Å². The molecule has 2 saturated carbocycles. The van der Waals surface area contributed by atoms with E-state index in [2.05, 4.69) is 28.6 Å². The molecule has 3 atom stereocenters. The van der Waals surface area contributed by atoms with E-state index in [1.807, 2.05) is 18.2 Å². The third kappa shape index (κ3) is 6.00. The molecule has 1 saturated heterocycles. The van der Waals surface area contributed by atoms with Crippen molar-refractivity contribution in [3.63, 3.8) is 0 Å². The Kier molecular flexibility index (Phi) is 7.82. The van der Waals surface area contributed by atoms with Gasteiger partial charge < -0.3 is 14.2 Å². The van der Waals surface area contributed by atoms with Crippen molar-refractivity contribution in [3.05, 3.63) is 69.4 Å². The van der Waals surface area contributed by atoms with Gasteiger partial charge in [-0.2, -0.15) is 0 Å². The number of nitrogens with one attached hydrogen (secondary N) is 1. The second-order valence-corrected chi connectivity index (χ2v) is 14.3. The maximum Gasteiger partial charge on any atom is 0.264 e. The topological polar surface area (TPSA) is 102 Å². The Labute approximate surface area is 250 Å². The number of ether oxygens (including phenoxy) is 1. The Morgan fingerprint density at radius 3 is 2.39 bits per heavy atom. The zero-order valence-corrected chi connectivity index (χ0v) is 25.3. The number of hydrogen-bond acceptors (Lipinski definition) is 7. The van der Waals surface area contributed by atoms with Gasteiger partial charge in [0.25, 0.3) is 5.91 Å². The number of benzene rings is 2. The normalized spacial score (nSPS) is 23.0. The number of sulfonamides is 1. The number of nitrogens with zero attached hydrogens (tertiary/aromatic N) is 2. The highest BCUT2D eigenvalue weighted by Gasteiger charge is 2.38. The number of piperidine rings is 1. The molecule has 3 aliphatic rings.